The zero-order valence-corrected chi connectivity index (χ0v) is 12.2. The lowest BCUT2D eigenvalue weighted by atomic mass is 9.78. The van der Waals surface area contributed by atoms with E-state index in [-0.39, 0.29) is 18.4 Å². The van der Waals surface area contributed by atoms with Gasteiger partial charge in [0.2, 0.25) is 11.8 Å². The number of nitrogens with one attached hydrogen (secondary N) is 2. The molecule has 5 nitrogen and oxygen atoms in total. The van der Waals surface area contributed by atoms with E-state index >= 15 is 0 Å². The number of carbonyl (C=O) groups is 2. The van der Waals surface area contributed by atoms with Crippen molar-refractivity contribution in [2.75, 3.05) is 6.54 Å². The smallest absolute Gasteiger partial charge is 0.242 e. The molecule has 0 aromatic rings. The Labute approximate surface area is 115 Å². The van der Waals surface area contributed by atoms with Crippen LogP contribution in [0, 0.1) is 5.92 Å². The molecule has 2 amide bonds. The Morgan fingerprint density at radius 3 is 2.42 bits per heavy atom. The van der Waals surface area contributed by atoms with Gasteiger partial charge in [0.05, 0.1) is 5.60 Å². The normalized spacial score (nSPS) is 28.5. The van der Waals surface area contributed by atoms with Crippen molar-refractivity contribution >= 4 is 11.8 Å². The minimum atomic E-state index is -0.780. The van der Waals surface area contributed by atoms with Gasteiger partial charge in [-0.3, -0.25) is 9.59 Å². The van der Waals surface area contributed by atoms with Gasteiger partial charge in [0.15, 0.2) is 0 Å². The molecule has 0 spiro atoms. The van der Waals surface area contributed by atoms with Gasteiger partial charge in [0.1, 0.15) is 6.04 Å². The van der Waals surface area contributed by atoms with Gasteiger partial charge in [0.25, 0.3) is 0 Å². The molecule has 19 heavy (non-hydrogen) atoms. The molecule has 1 fully saturated rings. The zero-order chi connectivity index (χ0) is 14.5. The van der Waals surface area contributed by atoms with Crippen molar-refractivity contribution in [3.63, 3.8) is 0 Å². The highest BCUT2D eigenvalue weighted by Gasteiger charge is 2.33. The van der Waals surface area contributed by atoms with E-state index in [0.717, 1.165) is 32.1 Å². The van der Waals surface area contributed by atoms with Gasteiger partial charge in [-0.1, -0.05) is 13.3 Å². The summed E-state index contributed by atoms with van der Waals surface area (Å²) in [5.41, 5.74) is -0.780. The Kier molecular flexibility index (Phi) is 5.79. The molecule has 1 rings (SSSR count). The van der Waals surface area contributed by atoms with Crippen LogP contribution in [0.2, 0.25) is 0 Å². The number of hydrogen-bond donors (Lipinski definition) is 3. The number of rotatable bonds is 5. The van der Waals surface area contributed by atoms with E-state index in [0.29, 0.717) is 5.92 Å². The summed E-state index contributed by atoms with van der Waals surface area (Å²) in [5, 5.41) is 15.6. The molecular formula is C14H26N2O3. The SMILES string of the molecule is CCC1CCC(O)(CNC(=O)C(C)NC(C)=O)CC1. The van der Waals surface area contributed by atoms with Crippen molar-refractivity contribution in [2.45, 2.75) is 64.5 Å². The summed E-state index contributed by atoms with van der Waals surface area (Å²) in [6.45, 7) is 5.45. The molecule has 0 heterocycles. The van der Waals surface area contributed by atoms with Crippen molar-refractivity contribution in [3.05, 3.63) is 0 Å². The summed E-state index contributed by atoms with van der Waals surface area (Å²) in [5.74, 6) is 0.223. The van der Waals surface area contributed by atoms with Crippen molar-refractivity contribution in [2.24, 2.45) is 5.92 Å². The molecule has 1 unspecified atom stereocenters. The first-order valence-electron chi connectivity index (χ1n) is 7.13. The minimum absolute atomic E-state index is 0.232. The van der Waals surface area contributed by atoms with Crippen LogP contribution in [-0.2, 0) is 9.59 Å². The molecule has 1 saturated carbocycles. The highest BCUT2D eigenvalue weighted by atomic mass is 16.3. The number of carbonyl (C=O) groups excluding carboxylic acids is 2. The standard InChI is InChI=1S/C14H26N2O3/c1-4-12-5-7-14(19,8-6-12)9-15-13(18)10(2)16-11(3)17/h10,12,19H,4-9H2,1-3H3,(H,15,18)(H,16,17). The highest BCUT2D eigenvalue weighted by molar-refractivity contribution is 5.86. The van der Waals surface area contributed by atoms with Crippen LogP contribution in [0.3, 0.4) is 0 Å². The van der Waals surface area contributed by atoms with Crippen molar-refractivity contribution in [3.8, 4) is 0 Å². The van der Waals surface area contributed by atoms with E-state index in [1.165, 1.54) is 6.92 Å². The van der Waals surface area contributed by atoms with E-state index in [1.54, 1.807) is 6.92 Å². The number of hydrogen-bond acceptors (Lipinski definition) is 3. The number of amides is 2. The van der Waals surface area contributed by atoms with E-state index in [9.17, 15) is 14.7 Å². The fourth-order valence-electron chi connectivity index (χ4n) is 2.58. The first-order chi connectivity index (χ1) is 8.86. The van der Waals surface area contributed by atoms with Crippen LogP contribution in [0.4, 0.5) is 0 Å². The molecule has 0 saturated heterocycles. The Morgan fingerprint density at radius 2 is 1.95 bits per heavy atom. The van der Waals surface area contributed by atoms with E-state index in [2.05, 4.69) is 17.6 Å². The predicted molar refractivity (Wildman–Crippen MR) is 73.5 cm³/mol. The summed E-state index contributed by atoms with van der Waals surface area (Å²) in [6.07, 6.45) is 4.66. The van der Waals surface area contributed by atoms with Crippen LogP contribution in [0.15, 0.2) is 0 Å². The van der Waals surface area contributed by atoms with Gasteiger partial charge in [-0.25, -0.2) is 0 Å². The number of aliphatic hydroxyl groups is 1. The maximum absolute atomic E-state index is 11.7. The second-order valence-corrected chi connectivity index (χ2v) is 5.72. The van der Waals surface area contributed by atoms with E-state index in [1.807, 2.05) is 0 Å². The monoisotopic (exact) mass is 270 g/mol. The minimum Gasteiger partial charge on any atom is -0.388 e. The summed E-state index contributed by atoms with van der Waals surface area (Å²) in [6, 6.07) is -0.562. The van der Waals surface area contributed by atoms with Gasteiger partial charge < -0.3 is 15.7 Å². The van der Waals surface area contributed by atoms with Gasteiger partial charge in [0, 0.05) is 13.5 Å². The lowest BCUT2D eigenvalue weighted by molar-refractivity contribution is -0.128. The van der Waals surface area contributed by atoms with E-state index < -0.39 is 11.6 Å². The molecule has 1 aliphatic carbocycles. The van der Waals surface area contributed by atoms with Crippen LogP contribution in [0.25, 0.3) is 0 Å². The zero-order valence-electron chi connectivity index (χ0n) is 12.2. The molecule has 3 N–H and O–H groups in total. The molecule has 1 atom stereocenters. The van der Waals surface area contributed by atoms with Crippen LogP contribution in [0.1, 0.15) is 52.9 Å². The summed E-state index contributed by atoms with van der Waals surface area (Å²) in [4.78, 5) is 22.6. The molecule has 0 radical (unpaired) electrons. The fourth-order valence-corrected chi connectivity index (χ4v) is 2.58. The third-order valence-electron chi connectivity index (χ3n) is 4.02. The lowest BCUT2D eigenvalue weighted by Crippen LogP contribution is -2.50. The Hall–Kier alpha value is -1.10. The molecule has 0 aliphatic heterocycles. The van der Waals surface area contributed by atoms with Crippen molar-refractivity contribution in [1.82, 2.24) is 10.6 Å². The average Bonchev–Trinajstić information content (AvgIpc) is 2.36. The Balaban J connectivity index is 2.35. The van der Waals surface area contributed by atoms with Crippen LogP contribution >= 0.6 is 0 Å². The van der Waals surface area contributed by atoms with Crippen LogP contribution < -0.4 is 10.6 Å². The molecule has 0 aromatic heterocycles. The fraction of sp³-hybridized carbons (Fsp3) is 0.857. The maximum Gasteiger partial charge on any atom is 0.242 e. The van der Waals surface area contributed by atoms with E-state index in [4.69, 9.17) is 0 Å². The molecule has 5 heteroatoms. The van der Waals surface area contributed by atoms with Crippen LogP contribution in [-0.4, -0.2) is 35.1 Å². The van der Waals surface area contributed by atoms with Crippen molar-refractivity contribution < 1.29 is 14.7 Å². The molecule has 1 aliphatic rings. The van der Waals surface area contributed by atoms with Crippen LogP contribution in [0.5, 0.6) is 0 Å². The molecule has 110 valence electrons. The third-order valence-corrected chi connectivity index (χ3v) is 4.02. The molecule has 0 aromatic carbocycles. The van der Waals surface area contributed by atoms with Crippen molar-refractivity contribution in [1.29, 1.82) is 0 Å². The topological polar surface area (TPSA) is 78.4 Å². The quantitative estimate of drug-likeness (QED) is 0.696. The lowest BCUT2D eigenvalue weighted by Gasteiger charge is -2.36. The highest BCUT2D eigenvalue weighted by Crippen LogP contribution is 2.33. The van der Waals surface area contributed by atoms with Gasteiger partial charge >= 0.3 is 0 Å². The van der Waals surface area contributed by atoms with Gasteiger partial charge in [-0.05, 0) is 38.5 Å². The second-order valence-electron chi connectivity index (χ2n) is 5.72. The first-order valence-corrected chi connectivity index (χ1v) is 7.13. The van der Waals surface area contributed by atoms with Gasteiger partial charge in [-0.2, -0.15) is 0 Å². The molecular weight excluding hydrogens is 244 g/mol. The maximum atomic E-state index is 11.7. The first kappa shape index (κ1) is 16.0. The molecule has 0 bridgehead atoms. The Morgan fingerprint density at radius 1 is 1.37 bits per heavy atom. The summed E-state index contributed by atoms with van der Waals surface area (Å²) >= 11 is 0. The van der Waals surface area contributed by atoms with Gasteiger partial charge in [-0.15, -0.1) is 0 Å². The predicted octanol–water partition coefficient (Wildman–Crippen LogP) is 0.958. The average molecular weight is 270 g/mol. The second kappa shape index (κ2) is 6.89. The Bertz CT molecular complexity index is 323. The summed E-state index contributed by atoms with van der Waals surface area (Å²) < 4.78 is 0. The summed E-state index contributed by atoms with van der Waals surface area (Å²) in [7, 11) is 0. The largest absolute Gasteiger partial charge is 0.388 e. The third kappa shape index (κ3) is 5.19.